The number of hydrogen-bond donors (Lipinski definition) is 0. The summed E-state index contributed by atoms with van der Waals surface area (Å²) in [5.41, 5.74) is 1.17. The summed E-state index contributed by atoms with van der Waals surface area (Å²) >= 11 is 0. The van der Waals surface area contributed by atoms with E-state index in [4.69, 9.17) is 4.74 Å². The topological polar surface area (TPSA) is 60.2 Å². The average molecular weight is 286 g/mol. The molecule has 6 nitrogen and oxygen atoms in total. The molecule has 110 valence electrons. The van der Waals surface area contributed by atoms with Gasteiger partial charge in [-0.3, -0.25) is 4.79 Å². The monoisotopic (exact) mass is 286 g/mol. The summed E-state index contributed by atoms with van der Waals surface area (Å²) < 4.78 is 7.58. The molecule has 0 unspecified atom stereocenters. The van der Waals surface area contributed by atoms with Gasteiger partial charge in [0.15, 0.2) is 12.4 Å². The molecule has 0 radical (unpaired) electrons. The number of fused-ring (bicyclic) bond motifs is 1. The van der Waals surface area contributed by atoms with Crippen molar-refractivity contribution in [3.8, 4) is 5.75 Å². The zero-order valence-corrected chi connectivity index (χ0v) is 12.2. The van der Waals surface area contributed by atoms with Gasteiger partial charge < -0.3 is 14.2 Å². The molecule has 1 aromatic carbocycles. The van der Waals surface area contributed by atoms with E-state index in [1.807, 2.05) is 42.7 Å². The predicted octanol–water partition coefficient (Wildman–Crippen LogP) is 1.32. The van der Waals surface area contributed by atoms with E-state index in [1.54, 1.807) is 4.90 Å². The van der Waals surface area contributed by atoms with E-state index in [-0.39, 0.29) is 12.5 Å². The minimum absolute atomic E-state index is 0.0255. The number of rotatable bonds is 3. The first-order valence-electron chi connectivity index (χ1n) is 6.99. The van der Waals surface area contributed by atoms with Crippen LogP contribution in [-0.2, 0) is 17.9 Å². The van der Waals surface area contributed by atoms with Crippen LogP contribution in [0.4, 0.5) is 0 Å². The van der Waals surface area contributed by atoms with Gasteiger partial charge in [0, 0.05) is 13.1 Å². The third kappa shape index (κ3) is 2.89. The molecule has 0 N–H and O–H groups in total. The highest BCUT2D eigenvalue weighted by Gasteiger charge is 2.23. The molecule has 1 aromatic heterocycles. The van der Waals surface area contributed by atoms with Gasteiger partial charge in [-0.15, -0.1) is 10.2 Å². The van der Waals surface area contributed by atoms with E-state index >= 15 is 0 Å². The summed E-state index contributed by atoms with van der Waals surface area (Å²) in [6, 6.07) is 7.68. The van der Waals surface area contributed by atoms with Crippen LogP contribution in [0.25, 0.3) is 0 Å². The van der Waals surface area contributed by atoms with Gasteiger partial charge in [0.2, 0.25) is 0 Å². The highest BCUT2D eigenvalue weighted by atomic mass is 16.5. The second-order valence-electron chi connectivity index (χ2n) is 5.23. The van der Waals surface area contributed by atoms with Crippen molar-refractivity contribution in [3.63, 3.8) is 0 Å². The van der Waals surface area contributed by atoms with Gasteiger partial charge in [-0.25, -0.2) is 0 Å². The number of benzene rings is 1. The number of ether oxygens (including phenoxy) is 1. The maximum Gasteiger partial charge on any atom is 0.260 e. The van der Waals surface area contributed by atoms with Crippen LogP contribution in [0.1, 0.15) is 17.2 Å². The number of nitrogens with zero attached hydrogens (tertiary/aromatic N) is 4. The second-order valence-corrected chi connectivity index (χ2v) is 5.23. The van der Waals surface area contributed by atoms with Crippen LogP contribution in [0.3, 0.4) is 0 Å². The Morgan fingerprint density at radius 1 is 1.19 bits per heavy atom. The number of hydrogen-bond acceptors (Lipinski definition) is 4. The highest BCUT2D eigenvalue weighted by Crippen LogP contribution is 2.14. The van der Waals surface area contributed by atoms with Crippen LogP contribution in [-0.4, -0.2) is 38.7 Å². The molecule has 2 aromatic rings. The molecule has 0 saturated heterocycles. The zero-order chi connectivity index (χ0) is 14.8. The molecule has 0 atom stereocenters. The van der Waals surface area contributed by atoms with Crippen molar-refractivity contribution in [2.45, 2.75) is 26.9 Å². The summed E-state index contributed by atoms with van der Waals surface area (Å²) in [6.07, 6.45) is 0. The first kappa shape index (κ1) is 13.6. The molecular weight excluding hydrogens is 268 g/mol. The quantitative estimate of drug-likeness (QED) is 0.853. The van der Waals surface area contributed by atoms with Crippen LogP contribution in [0, 0.1) is 13.8 Å². The maximum absolute atomic E-state index is 12.2. The molecule has 2 heterocycles. The van der Waals surface area contributed by atoms with Gasteiger partial charge in [0.1, 0.15) is 11.6 Å². The van der Waals surface area contributed by atoms with Crippen molar-refractivity contribution < 1.29 is 9.53 Å². The Bertz CT molecular complexity index is 648. The molecule has 0 fully saturated rings. The molecular formula is C15H18N4O2. The maximum atomic E-state index is 12.2. The summed E-state index contributed by atoms with van der Waals surface area (Å²) in [6.45, 7) is 5.90. The number of carbonyl (C=O) groups excluding carboxylic acids is 1. The van der Waals surface area contributed by atoms with Crippen LogP contribution in [0.5, 0.6) is 5.75 Å². The van der Waals surface area contributed by atoms with Crippen LogP contribution in [0.2, 0.25) is 0 Å². The van der Waals surface area contributed by atoms with Gasteiger partial charge in [0.05, 0.1) is 6.54 Å². The largest absolute Gasteiger partial charge is 0.484 e. The lowest BCUT2D eigenvalue weighted by Crippen LogP contribution is -2.41. The first-order chi connectivity index (χ1) is 10.1. The van der Waals surface area contributed by atoms with E-state index < -0.39 is 0 Å². The van der Waals surface area contributed by atoms with Crippen molar-refractivity contribution in [2.24, 2.45) is 0 Å². The summed E-state index contributed by atoms with van der Waals surface area (Å²) in [5, 5.41) is 8.13. The zero-order valence-electron chi connectivity index (χ0n) is 12.2. The van der Waals surface area contributed by atoms with Crippen LogP contribution in [0.15, 0.2) is 24.3 Å². The Morgan fingerprint density at radius 3 is 2.71 bits per heavy atom. The van der Waals surface area contributed by atoms with Crippen LogP contribution >= 0.6 is 0 Å². The Labute approximate surface area is 123 Å². The summed E-state index contributed by atoms with van der Waals surface area (Å²) in [7, 11) is 0. The van der Waals surface area contributed by atoms with E-state index in [9.17, 15) is 4.79 Å². The van der Waals surface area contributed by atoms with Gasteiger partial charge in [-0.2, -0.15) is 0 Å². The summed E-state index contributed by atoms with van der Waals surface area (Å²) in [4.78, 5) is 14.0. The average Bonchev–Trinajstić information content (AvgIpc) is 2.87. The molecule has 21 heavy (non-hydrogen) atoms. The second kappa shape index (κ2) is 5.55. The normalized spacial score (nSPS) is 13.9. The fraction of sp³-hybridized carbons (Fsp3) is 0.400. The fourth-order valence-corrected chi connectivity index (χ4v) is 2.39. The molecule has 6 heteroatoms. The van der Waals surface area contributed by atoms with Gasteiger partial charge in [0.25, 0.3) is 5.91 Å². The minimum Gasteiger partial charge on any atom is -0.484 e. The van der Waals surface area contributed by atoms with Gasteiger partial charge in [-0.1, -0.05) is 17.7 Å². The third-order valence-electron chi connectivity index (χ3n) is 3.67. The first-order valence-corrected chi connectivity index (χ1v) is 6.99. The lowest BCUT2D eigenvalue weighted by Gasteiger charge is -2.27. The molecule has 1 aliphatic heterocycles. The number of carbonyl (C=O) groups is 1. The lowest BCUT2D eigenvalue weighted by molar-refractivity contribution is -0.134. The minimum atomic E-state index is -0.0255. The van der Waals surface area contributed by atoms with Crippen LogP contribution < -0.4 is 4.74 Å². The molecule has 1 amide bonds. The Hall–Kier alpha value is -2.37. The molecule has 0 spiro atoms. The molecule has 0 aliphatic carbocycles. The van der Waals surface area contributed by atoms with Crippen molar-refractivity contribution in [1.29, 1.82) is 0 Å². The van der Waals surface area contributed by atoms with E-state index in [2.05, 4.69) is 10.2 Å². The van der Waals surface area contributed by atoms with Crippen molar-refractivity contribution in [1.82, 2.24) is 19.7 Å². The Morgan fingerprint density at radius 2 is 1.95 bits per heavy atom. The molecule has 0 saturated carbocycles. The SMILES string of the molecule is Cc1ccc(OCC(=O)N2CCn3c(C)nnc3C2)cc1. The van der Waals surface area contributed by atoms with Crippen molar-refractivity contribution in [2.75, 3.05) is 13.2 Å². The van der Waals surface area contributed by atoms with Gasteiger partial charge in [-0.05, 0) is 26.0 Å². The smallest absolute Gasteiger partial charge is 0.260 e. The Kier molecular flexibility index (Phi) is 3.60. The fourth-order valence-electron chi connectivity index (χ4n) is 2.39. The van der Waals surface area contributed by atoms with E-state index in [0.29, 0.717) is 18.8 Å². The lowest BCUT2D eigenvalue weighted by atomic mass is 10.2. The van der Waals surface area contributed by atoms with Crippen molar-refractivity contribution >= 4 is 5.91 Å². The summed E-state index contributed by atoms with van der Waals surface area (Å²) in [5.74, 6) is 2.42. The third-order valence-corrected chi connectivity index (χ3v) is 3.67. The number of aromatic nitrogens is 3. The Balaban J connectivity index is 1.58. The van der Waals surface area contributed by atoms with E-state index in [0.717, 1.165) is 18.2 Å². The molecule has 3 rings (SSSR count). The predicted molar refractivity (Wildman–Crippen MR) is 76.9 cm³/mol. The molecule has 0 bridgehead atoms. The number of aryl methyl sites for hydroxylation is 2. The van der Waals surface area contributed by atoms with E-state index in [1.165, 1.54) is 5.56 Å². The van der Waals surface area contributed by atoms with Crippen molar-refractivity contribution in [3.05, 3.63) is 41.5 Å². The van der Waals surface area contributed by atoms with Gasteiger partial charge >= 0.3 is 0 Å². The number of amides is 1. The standard InChI is InChI=1S/C15H18N4O2/c1-11-3-5-13(6-4-11)21-10-15(20)18-7-8-19-12(2)16-17-14(19)9-18/h3-6H,7-10H2,1-2H3. The highest BCUT2D eigenvalue weighted by molar-refractivity contribution is 5.77. The molecule has 1 aliphatic rings.